The van der Waals surface area contributed by atoms with Gasteiger partial charge in [-0.05, 0) is 43.2 Å². The van der Waals surface area contributed by atoms with Crippen LogP contribution in [0.3, 0.4) is 0 Å². The first-order valence-corrected chi connectivity index (χ1v) is 8.57. The Morgan fingerprint density at radius 2 is 1.52 bits per heavy atom. The minimum Gasteiger partial charge on any atom is -0.493 e. The molecule has 1 fully saturated rings. The van der Waals surface area contributed by atoms with Crippen LogP contribution in [0, 0.1) is 11.2 Å². The van der Waals surface area contributed by atoms with E-state index in [2.05, 4.69) is 10.6 Å². The van der Waals surface area contributed by atoms with Crippen molar-refractivity contribution in [2.45, 2.75) is 12.8 Å². The molecule has 0 aliphatic heterocycles. The van der Waals surface area contributed by atoms with E-state index >= 15 is 0 Å². The van der Waals surface area contributed by atoms with Gasteiger partial charge in [-0.25, -0.2) is 4.39 Å². The molecule has 1 saturated carbocycles. The van der Waals surface area contributed by atoms with Gasteiger partial charge >= 0.3 is 0 Å². The summed E-state index contributed by atoms with van der Waals surface area (Å²) in [4.78, 5) is 25.3. The fourth-order valence-corrected chi connectivity index (χ4v) is 2.85. The van der Waals surface area contributed by atoms with Crippen LogP contribution < -0.4 is 20.1 Å². The number of anilines is 2. The van der Waals surface area contributed by atoms with Crippen molar-refractivity contribution in [1.29, 1.82) is 0 Å². The highest BCUT2D eigenvalue weighted by molar-refractivity contribution is 6.31. The summed E-state index contributed by atoms with van der Waals surface area (Å²) in [5.74, 6) is -0.460. The quantitative estimate of drug-likeness (QED) is 0.732. The number of nitrogens with one attached hydrogen (secondary N) is 2. The highest BCUT2D eigenvalue weighted by Crippen LogP contribution is 2.47. The second-order valence-corrected chi connectivity index (χ2v) is 6.60. The fourth-order valence-electron chi connectivity index (χ4n) is 2.67. The lowest BCUT2D eigenvalue weighted by Crippen LogP contribution is -2.35. The summed E-state index contributed by atoms with van der Waals surface area (Å²) in [6.07, 6.45) is 0.847. The Morgan fingerprint density at radius 1 is 0.963 bits per heavy atom. The number of halogens is 2. The lowest BCUT2D eigenvalue weighted by atomic mass is 10.0. The van der Waals surface area contributed by atoms with Gasteiger partial charge in [0.1, 0.15) is 11.2 Å². The highest BCUT2D eigenvalue weighted by atomic mass is 35.5. The molecule has 2 aromatic carbocycles. The molecule has 2 N–H and O–H groups in total. The van der Waals surface area contributed by atoms with Crippen molar-refractivity contribution in [3.8, 4) is 11.5 Å². The van der Waals surface area contributed by atoms with Crippen LogP contribution in [0.15, 0.2) is 36.4 Å². The first-order valence-electron chi connectivity index (χ1n) is 8.19. The molecule has 0 saturated heterocycles. The molecule has 0 atom stereocenters. The topological polar surface area (TPSA) is 76.7 Å². The molecule has 0 heterocycles. The first kappa shape index (κ1) is 19.0. The fraction of sp³-hybridized carbons (Fsp3) is 0.263. The van der Waals surface area contributed by atoms with Gasteiger partial charge in [0, 0.05) is 17.4 Å². The Kier molecular flexibility index (Phi) is 5.23. The van der Waals surface area contributed by atoms with E-state index in [9.17, 15) is 14.0 Å². The predicted molar refractivity (Wildman–Crippen MR) is 99.9 cm³/mol. The smallest absolute Gasteiger partial charge is 0.240 e. The number of rotatable bonds is 6. The third-order valence-corrected chi connectivity index (χ3v) is 4.73. The van der Waals surface area contributed by atoms with Gasteiger partial charge in [-0.3, -0.25) is 9.59 Å². The summed E-state index contributed by atoms with van der Waals surface area (Å²) in [5.41, 5.74) is -0.341. The van der Waals surface area contributed by atoms with E-state index in [1.807, 2.05) is 0 Å². The van der Waals surface area contributed by atoms with Crippen molar-refractivity contribution < 1.29 is 23.5 Å². The van der Waals surface area contributed by atoms with Crippen molar-refractivity contribution in [2.75, 3.05) is 24.9 Å². The molecule has 1 aliphatic carbocycles. The van der Waals surface area contributed by atoms with Crippen molar-refractivity contribution in [3.05, 3.63) is 47.2 Å². The molecular weight excluding hydrogens is 375 g/mol. The number of ether oxygens (including phenoxy) is 2. The van der Waals surface area contributed by atoms with E-state index in [1.54, 1.807) is 18.2 Å². The van der Waals surface area contributed by atoms with Crippen molar-refractivity contribution in [2.24, 2.45) is 5.41 Å². The van der Waals surface area contributed by atoms with Crippen LogP contribution in [0.1, 0.15) is 12.8 Å². The molecule has 27 heavy (non-hydrogen) atoms. The van der Waals surface area contributed by atoms with Gasteiger partial charge in [-0.2, -0.15) is 0 Å². The van der Waals surface area contributed by atoms with Gasteiger partial charge in [0.15, 0.2) is 11.5 Å². The standard InChI is InChI=1S/C19H18ClFN2O4/c1-26-15-6-4-12(10-16(15)27-2)23-18(25)19(7-8-19)17(24)22-11-3-5-14(21)13(20)9-11/h3-6,9-10H,7-8H2,1-2H3,(H,22,24)(H,23,25). The SMILES string of the molecule is COc1ccc(NC(=O)C2(C(=O)Nc3ccc(F)c(Cl)c3)CC2)cc1OC. The number of hydrogen-bond acceptors (Lipinski definition) is 4. The Bertz CT molecular complexity index is 899. The zero-order valence-electron chi connectivity index (χ0n) is 14.8. The van der Waals surface area contributed by atoms with Gasteiger partial charge in [0.2, 0.25) is 11.8 Å². The van der Waals surface area contributed by atoms with Crippen LogP contribution in [-0.2, 0) is 9.59 Å². The molecule has 1 aliphatic rings. The molecule has 8 heteroatoms. The minimum absolute atomic E-state index is 0.104. The lowest BCUT2D eigenvalue weighted by Gasteiger charge is -2.16. The summed E-state index contributed by atoms with van der Waals surface area (Å²) in [7, 11) is 3.01. The van der Waals surface area contributed by atoms with E-state index in [1.165, 1.54) is 26.4 Å². The number of amides is 2. The van der Waals surface area contributed by atoms with E-state index in [-0.39, 0.29) is 5.02 Å². The van der Waals surface area contributed by atoms with E-state index in [0.29, 0.717) is 35.7 Å². The minimum atomic E-state index is -1.16. The second kappa shape index (κ2) is 7.44. The molecule has 2 amide bonds. The van der Waals surface area contributed by atoms with Gasteiger partial charge < -0.3 is 20.1 Å². The largest absolute Gasteiger partial charge is 0.493 e. The molecule has 2 aromatic rings. The summed E-state index contributed by atoms with van der Waals surface area (Å²) in [6, 6.07) is 8.78. The summed E-state index contributed by atoms with van der Waals surface area (Å²) in [5, 5.41) is 5.26. The number of carbonyl (C=O) groups excluding carboxylic acids is 2. The molecular formula is C19H18ClFN2O4. The maximum Gasteiger partial charge on any atom is 0.240 e. The maximum absolute atomic E-state index is 13.2. The average molecular weight is 393 g/mol. The summed E-state index contributed by atoms with van der Waals surface area (Å²) < 4.78 is 23.6. The maximum atomic E-state index is 13.2. The average Bonchev–Trinajstić information content (AvgIpc) is 3.46. The molecule has 3 rings (SSSR count). The van der Waals surface area contributed by atoms with Crippen LogP contribution in [0.25, 0.3) is 0 Å². The number of benzene rings is 2. The normalized spacial score (nSPS) is 14.2. The highest BCUT2D eigenvalue weighted by Gasteiger charge is 2.56. The Hall–Kier alpha value is -2.80. The number of carbonyl (C=O) groups is 2. The van der Waals surface area contributed by atoms with Crippen LogP contribution in [0.2, 0.25) is 5.02 Å². The van der Waals surface area contributed by atoms with Gasteiger partial charge in [0.05, 0.1) is 19.2 Å². The monoisotopic (exact) mass is 392 g/mol. The second-order valence-electron chi connectivity index (χ2n) is 6.19. The predicted octanol–water partition coefficient (Wildman–Crippen LogP) is 3.85. The van der Waals surface area contributed by atoms with E-state index < -0.39 is 23.0 Å². The van der Waals surface area contributed by atoms with Crippen LogP contribution in [0.5, 0.6) is 11.5 Å². The van der Waals surface area contributed by atoms with Gasteiger partial charge in [-0.15, -0.1) is 0 Å². The van der Waals surface area contributed by atoms with Crippen molar-refractivity contribution >= 4 is 34.8 Å². The van der Waals surface area contributed by atoms with E-state index in [0.717, 1.165) is 6.07 Å². The molecule has 6 nitrogen and oxygen atoms in total. The molecule has 0 spiro atoms. The number of hydrogen-bond donors (Lipinski definition) is 2. The molecule has 0 bridgehead atoms. The van der Waals surface area contributed by atoms with Gasteiger partial charge in [0.25, 0.3) is 0 Å². The first-order chi connectivity index (χ1) is 12.9. The Labute approximate surface area is 160 Å². The van der Waals surface area contributed by atoms with Crippen molar-refractivity contribution in [3.63, 3.8) is 0 Å². The number of methoxy groups -OCH3 is 2. The van der Waals surface area contributed by atoms with E-state index in [4.69, 9.17) is 21.1 Å². The molecule has 0 radical (unpaired) electrons. The van der Waals surface area contributed by atoms with Crippen LogP contribution in [0.4, 0.5) is 15.8 Å². The van der Waals surface area contributed by atoms with Crippen molar-refractivity contribution in [1.82, 2.24) is 0 Å². The Balaban J connectivity index is 1.72. The lowest BCUT2D eigenvalue weighted by molar-refractivity contribution is -0.131. The Morgan fingerprint density at radius 3 is 2.04 bits per heavy atom. The third kappa shape index (κ3) is 3.83. The molecule has 0 aromatic heterocycles. The van der Waals surface area contributed by atoms with Crippen LogP contribution >= 0.6 is 11.6 Å². The third-order valence-electron chi connectivity index (χ3n) is 4.44. The zero-order chi connectivity index (χ0) is 19.6. The van der Waals surface area contributed by atoms with Gasteiger partial charge in [-0.1, -0.05) is 11.6 Å². The van der Waals surface area contributed by atoms with Crippen LogP contribution in [-0.4, -0.2) is 26.0 Å². The zero-order valence-corrected chi connectivity index (χ0v) is 15.5. The molecule has 142 valence electrons. The summed E-state index contributed by atoms with van der Waals surface area (Å²) >= 11 is 5.72. The molecule has 0 unspecified atom stereocenters. The summed E-state index contributed by atoms with van der Waals surface area (Å²) in [6.45, 7) is 0.